The van der Waals surface area contributed by atoms with Gasteiger partial charge in [-0.2, -0.15) is 11.8 Å². The first-order chi connectivity index (χ1) is 10.1. The highest BCUT2D eigenvalue weighted by Gasteiger charge is 2.15. The Morgan fingerprint density at radius 3 is 2.48 bits per heavy atom. The molecule has 7 heteroatoms. The minimum absolute atomic E-state index is 0.330. The maximum Gasteiger partial charge on any atom is 0.240 e. The average molecular weight is 329 g/mol. The van der Waals surface area contributed by atoms with Crippen LogP contribution in [0.5, 0.6) is 0 Å². The van der Waals surface area contributed by atoms with Crippen molar-refractivity contribution in [2.45, 2.75) is 11.4 Å². The third-order valence-corrected chi connectivity index (χ3v) is 5.86. The first-order valence-electron chi connectivity index (χ1n) is 7.15. The summed E-state index contributed by atoms with van der Waals surface area (Å²) in [6.07, 6.45) is 0. The van der Waals surface area contributed by atoms with Gasteiger partial charge < -0.3 is 10.2 Å². The van der Waals surface area contributed by atoms with Gasteiger partial charge in [0, 0.05) is 44.2 Å². The first kappa shape index (κ1) is 16.8. The van der Waals surface area contributed by atoms with E-state index in [1.54, 1.807) is 12.1 Å². The van der Waals surface area contributed by atoms with Gasteiger partial charge in [-0.3, -0.25) is 0 Å². The number of sulfonamides is 1. The number of thioether (sulfide) groups is 1. The molecule has 1 fully saturated rings. The first-order valence-corrected chi connectivity index (χ1v) is 9.79. The molecule has 0 spiro atoms. The molecule has 21 heavy (non-hydrogen) atoms. The second kappa shape index (κ2) is 8.14. The molecule has 2 rings (SSSR count). The van der Waals surface area contributed by atoms with Gasteiger partial charge in [0.05, 0.1) is 4.90 Å². The van der Waals surface area contributed by atoms with Crippen LogP contribution in [0.3, 0.4) is 0 Å². The van der Waals surface area contributed by atoms with Gasteiger partial charge in [0.25, 0.3) is 0 Å². The van der Waals surface area contributed by atoms with E-state index < -0.39 is 10.0 Å². The SMILES string of the molecule is CNCc1ccc(S(=O)(=O)NCCN2CCSCC2)cc1. The van der Waals surface area contributed by atoms with Crippen molar-refractivity contribution in [3.63, 3.8) is 0 Å². The highest BCUT2D eigenvalue weighted by Crippen LogP contribution is 2.11. The molecule has 1 heterocycles. The summed E-state index contributed by atoms with van der Waals surface area (Å²) in [6, 6.07) is 7.00. The number of hydrogen-bond acceptors (Lipinski definition) is 5. The van der Waals surface area contributed by atoms with E-state index in [1.807, 2.05) is 30.9 Å². The Hall–Kier alpha value is -0.600. The van der Waals surface area contributed by atoms with E-state index in [2.05, 4.69) is 14.9 Å². The monoisotopic (exact) mass is 329 g/mol. The minimum atomic E-state index is -3.40. The smallest absolute Gasteiger partial charge is 0.240 e. The van der Waals surface area contributed by atoms with E-state index in [4.69, 9.17) is 0 Å². The molecular weight excluding hydrogens is 306 g/mol. The third-order valence-electron chi connectivity index (χ3n) is 3.44. The van der Waals surface area contributed by atoms with E-state index in [0.29, 0.717) is 11.4 Å². The summed E-state index contributed by atoms with van der Waals surface area (Å²) < 4.78 is 27.1. The lowest BCUT2D eigenvalue weighted by molar-refractivity contribution is 0.307. The molecule has 2 N–H and O–H groups in total. The van der Waals surface area contributed by atoms with E-state index >= 15 is 0 Å². The van der Waals surface area contributed by atoms with E-state index in [-0.39, 0.29) is 0 Å². The molecule has 0 saturated carbocycles. The highest BCUT2D eigenvalue weighted by atomic mass is 32.2. The molecule has 1 aliphatic rings. The van der Waals surface area contributed by atoms with Crippen LogP contribution in [0.2, 0.25) is 0 Å². The van der Waals surface area contributed by atoms with Crippen molar-refractivity contribution in [2.24, 2.45) is 0 Å². The summed E-state index contributed by atoms with van der Waals surface area (Å²) in [4.78, 5) is 2.63. The molecule has 0 radical (unpaired) electrons. The van der Waals surface area contributed by atoms with Gasteiger partial charge in [-0.15, -0.1) is 0 Å². The van der Waals surface area contributed by atoms with Crippen LogP contribution in [0.15, 0.2) is 29.2 Å². The van der Waals surface area contributed by atoms with Crippen LogP contribution >= 0.6 is 11.8 Å². The summed E-state index contributed by atoms with van der Waals surface area (Å²) in [5, 5.41) is 3.04. The van der Waals surface area contributed by atoms with Crippen molar-refractivity contribution in [3.8, 4) is 0 Å². The lowest BCUT2D eigenvalue weighted by Gasteiger charge is -2.25. The van der Waals surface area contributed by atoms with Crippen molar-refractivity contribution in [2.75, 3.05) is 44.7 Å². The average Bonchev–Trinajstić information content (AvgIpc) is 2.49. The Kier molecular flexibility index (Phi) is 6.50. The third kappa shape index (κ3) is 5.27. The molecule has 1 saturated heterocycles. The maximum atomic E-state index is 12.2. The van der Waals surface area contributed by atoms with Gasteiger partial charge in [-0.1, -0.05) is 12.1 Å². The molecule has 0 aliphatic carbocycles. The van der Waals surface area contributed by atoms with Crippen LogP contribution < -0.4 is 10.0 Å². The molecule has 0 unspecified atom stereocenters. The molecule has 1 aromatic rings. The van der Waals surface area contributed by atoms with Crippen molar-refractivity contribution in [1.82, 2.24) is 14.9 Å². The second-order valence-electron chi connectivity index (χ2n) is 5.03. The Bertz CT molecular complexity index is 526. The van der Waals surface area contributed by atoms with E-state index in [9.17, 15) is 8.42 Å². The molecule has 0 bridgehead atoms. The van der Waals surface area contributed by atoms with Crippen LogP contribution in [0.4, 0.5) is 0 Å². The van der Waals surface area contributed by atoms with Crippen molar-refractivity contribution in [1.29, 1.82) is 0 Å². The largest absolute Gasteiger partial charge is 0.316 e. The highest BCUT2D eigenvalue weighted by molar-refractivity contribution is 7.99. The molecule has 1 aliphatic heterocycles. The van der Waals surface area contributed by atoms with Gasteiger partial charge in [0.15, 0.2) is 0 Å². The number of nitrogens with zero attached hydrogens (tertiary/aromatic N) is 1. The normalized spacial score (nSPS) is 17.0. The van der Waals surface area contributed by atoms with Crippen LogP contribution in [0, 0.1) is 0 Å². The van der Waals surface area contributed by atoms with Gasteiger partial charge in [0.2, 0.25) is 10.0 Å². The van der Waals surface area contributed by atoms with Gasteiger partial charge in [-0.05, 0) is 24.7 Å². The van der Waals surface area contributed by atoms with Crippen LogP contribution in [0.25, 0.3) is 0 Å². The fourth-order valence-electron chi connectivity index (χ4n) is 2.24. The predicted molar refractivity (Wildman–Crippen MR) is 88.2 cm³/mol. The molecule has 1 aromatic carbocycles. The number of nitrogens with one attached hydrogen (secondary N) is 2. The molecule has 0 amide bonds. The lowest BCUT2D eigenvalue weighted by atomic mass is 10.2. The van der Waals surface area contributed by atoms with Crippen LogP contribution in [0.1, 0.15) is 5.56 Å². The summed E-state index contributed by atoms with van der Waals surface area (Å²) in [5.74, 6) is 2.28. The predicted octanol–water partition coefficient (Wildman–Crippen LogP) is 0.733. The summed E-state index contributed by atoms with van der Waals surface area (Å²) in [5.41, 5.74) is 1.07. The van der Waals surface area contributed by atoms with Crippen LogP contribution in [-0.4, -0.2) is 58.1 Å². The maximum absolute atomic E-state index is 12.2. The zero-order chi connectivity index (χ0) is 15.1. The molecule has 118 valence electrons. The number of rotatable bonds is 7. The standard InChI is InChI=1S/C14H23N3O2S2/c1-15-12-13-2-4-14(5-3-13)21(18,19)16-6-7-17-8-10-20-11-9-17/h2-5,15-16H,6-12H2,1H3. The zero-order valence-corrected chi connectivity index (χ0v) is 14.0. The Morgan fingerprint density at radius 1 is 1.19 bits per heavy atom. The van der Waals surface area contributed by atoms with Crippen molar-refractivity contribution >= 4 is 21.8 Å². The number of hydrogen-bond donors (Lipinski definition) is 2. The van der Waals surface area contributed by atoms with Crippen LogP contribution in [-0.2, 0) is 16.6 Å². The summed E-state index contributed by atoms with van der Waals surface area (Å²) >= 11 is 1.95. The number of benzene rings is 1. The Labute approximate surface area is 131 Å². The Balaban J connectivity index is 1.85. The molecule has 0 atom stereocenters. The van der Waals surface area contributed by atoms with Gasteiger partial charge in [0.1, 0.15) is 0 Å². The van der Waals surface area contributed by atoms with Gasteiger partial charge >= 0.3 is 0 Å². The molecule has 0 aromatic heterocycles. The fraction of sp³-hybridized carbons (Fsp3) is 0.571. The lowest BCUT2D eigenvalue weighted by Crippen LogP contribution is -2.39. The van der Waals surface area contributed by atoms with E-state index in [0.717, 1.165) is 43.2 Å². The van der Waals surface area contributed by atoms with Gasteiger partial charge in [-0.25, -0.2) is 13.1 Å². The molecular formula is C14H23N3O2S2. The quantitative estimate of drug-likeness (QED) is 0.772. The molecule has 5 nitrogen and oxygen atoms in total. The zero-order valence-electron chi connectivity index (χ0n) is 12.3. The van der Waals surface area contributed by atoms with E-state index in [1.165, 1.54) is 0 Å². The van der Waals surface area contributed by atoms with Crippen molar-refractivity contribution in [3.05, 3.63) is 29.8 Å². The Morgan fingerprint density at radius 2 is 1.86 bits per heavy atom. The minimum Gasteiger partial charge on any atom is -0.316 e. The van der Waals surface area contributed by atoms with Crippen molar-refractivity contribution < 1.29 is 8.42 Å². The summed E-state index contributed by atoms with van der Waals surface area (Å²) in [7, 11) is -1.53. The fourth-order valence-corrected chi connectivity index (χ4v) is 4.24. The summed E-state index contributed by atoms with van der Waals surface area (Å²) in [6.45, 7) is 4.07. The second-order valence-corrected chi connectivity index (χ2v) is 8.02. The topological polar surface area (TPSA) is 61.4 Å².